The summed E-state index contributed by atoms with van der Waals surface area (Å²) in [4.78, 5) is 27.8. The molecule has 1 aliphatic heterocycles. The highest BCUT2D eigenvalue weighted by Crippen LogP contribution is 2.43. The van der Waals surface area contributed by atoms with Crippen LogP contribution in [0.25, 0.3) is 16.8 Å². The zero-order valence-electron chi connectivity index (χ0n) is 19.8. The third-order valence-corrected chi connectivity index (χ3v) is 7.84. The van der Waals surface area contributed by atoms with E-state index < -0.39 is 29.1 Å². The van der Waals surface area contributed by atoms with Crippen LogP contribution in [-0.4, -0.2) is 38.0 Å². The van der Waals surface area contributed by atoms with Crippen molar-refractivity contribution in [3.05, 3.63) is 92.6 Å². The van der Waals surface area contributed by atoms with Gasteiger partial charge in [0.2, 0.25) is 0 Å². The van der Waals surface area contributed by atoms with Crippen LogP contribution in [0.5, 0.6) is 0 Å². The Labute approximate surface area is 219 Å². The number of hydrogen-bond acceptors (Lipinski definition) is 3. The van der Waals surface area contributed by atoms with Gasteiger partial charge in [-0.1, -0.05) is 40.2 Å². The molecule has 1 amide bonds. The van der Waals surface area contributed by atoms with Crippen molar-refractivity contribution < 1.29 is 23.5 Å². The fourth-order valence-corrected chi connectivity index (χ4v) is 5.64. The first-order valence-electron chi connectivity index (χ1n) is 12.1. The Morgan fingerprint density at radius 2 is 1.86 bits per heavy atom. The fraction of sp³-hybridized carbons (Fsp3) is 0.250. The molecule has 1 atom stereocenters. The molecule has 0 spiro atoms. The number of pyridine rings is 1. The van der Waals surface area contributed by atoms with Crippen LogP contribution < -0.4 is 0 Å². The molecule has 1 saturated carbocycles. The van der Waals surface area contributed by atoms with E-state index in [1.807, 2.05) is 31.2 Å². The Kier molecular flexibility index (Phi) is 5.63. The van der Waals surface area contributed by atoms with Gasteiger partial charge in [-0.05, 0) is 61.6 Å². The third-order valence-electron chi connectivity index (χ3n) is 7.35. The summed E-state index contributed by atoms with van der Waals surface area (Å²) < 4.78 is 32.8. The molecule has 0 saturated heterocycles. The van der Waals surface area contributed by atoms with Gasteiger partial charge in [0, 0.05) is 28.2 Å². The molecule has 0 bridgehead atoms. The standard InChI is InChI=1S/C28H22BrF2N3O3/c1-14-18-5-3-2-4-15(18)10-11-33(14)27(35)20-13-22(16-6-7-16)34-26(24(20)31)23(28(36)37)25(32-34)19-9-8-17(29)12-21(19)30/h2-5,8-9,12-14,16H,6-7,10-11H2,1H3,(H,36,37)/t14-/m1/s1. The Balaban J connectivity index is 1.55. The van der Waals surface area contributed by atoms with Gasteiger partial charge in [0.1, 0.15) is 22.6 Å². The maximum atomic E-state index is 16.2. The smallest absolute Gasteiger partial charge is 0.340 e. The molecule has 6 rings (SSSR count). The number of hydrogen-bond donors (Lipinski definition) is 1. The second-order valence-corrected chi connectivity index (χ2v) is 10.5. The summed E-state index contributed by atoms with van der Waals surface area (Å²) in [5.74, 6) is -3.59. The van der Waals surface area contributed by atoms with Gasteiger partial charge in [-0.15, -0.1) is 0 Å². The molecule has 1 fully saturated rings. The molecular formula is C28H22BrF2N3O3. The molecule has 4 aromatic rings. The van der Waals surface area contributed by atoms with E-state index in [1.165, 1.54) is 22.7 Å². The molecule has 188 valence electrons. The number of aromatic nitrogens is 2. The summed E-state index contributed by atoms with van der Waals surface area (Å²) in [6, 6.07) is 13.3. The number of halogens is 3. The molecule has 0 radical (unpaired) electrons. The largest absolute Gasteiger partial charge is 0.478 e. The lowest BCUT2D eigenvalue weighted by molar-refractivity contribution is 0.0668. The van der Waals surface area contributed by atoms with Gasteiger partial charge in [-0.3, -0.25) is 4.79 Å². The Hall–Kier alpha value is -3.59. The number of nitrogens with zero attached hydrogens (tertiary/aromatic N) is 3. The number of carboxylic acids is 1. The van der Waals surface area contributed by atoms with Crippen molar-refractivity contribution in [2.24, 2.45) is 0 Å². The van der Waals surface area contributed by atoms with E-state index in [0.717, 1.165) is 24.0 Å². The molecule has 6 nitrogen and oxygen atoms in total. The van der Waals surface area contributed by atoms with Crippen LogP contribution in [0.15, 0.2) is 53.0 Å². The topological polar surface area (TPSA) is 74.9 Å². The summed E-state index contributed by atoms with van der Waals surface area (Å²) in [5.41, 5.74) is 1.51. The predicted molar refractivity (Wildman–Crippen MR) is 137 cm³/mol. The first-order chi connectivity index (χ1) is 17.8. The van der Waals surface area contributed by atoms with Crippen LogP contribution in [-0.2, 0) is 6.42 Å². The van der Waals surface area contributed by atoms with Crippen LogP contribution in [0, 0.1) is 11.6 Å². The molecule has 2 aliphatic rings. The average Bonchev–Trinajstić information content (AvgIpc) is 3.63. The Morgan fingerprint density at radius 3 is 2.57 bits per heavy atom. The van der Waals surface area contributed by atoms with Crippen molar-refractivity contribution in [1.82, 2.24) is 14.5 Å². The summed E-state index contributed by atoms with van der Waals surface area (Å²) in [6.07, 6.45) is 2.27. The summed E-state index contributed by atoms with van der Waals surface area (Å²) in [6.45, 7) is 2.32. The van der Waals surface area contributed by atoms with Gasteiger partial charge in [-0.2, -0.15) is 5.10 Å². The molecule has 0 unspecified atom stereocenters. The van der Waals surface area contributed by atoms with E-state index in [0.29, 0.717) is 23.1 Å². The number of amides is 1. The number of benzene rings is 2. The lowest BCUT2D eigenvalue weighted by Gasteiger charge is -2.35. The van der Waals surface area contributed by atoms with Crippen molar-refractivity contribution in [3.63, 3.8) is 0 Å². The minimum Gasteiger partial charge on any atom is -0.478 e. The van der Waals surface area contributed by atoms with Crippen LogP contribution >= 0.6 is 15.9 Å². The number of carboxylic acid groups (broad SMARTS) is 1. The van der Waals surface area contributed by atoms with Crippen molar-refractivity contribution in [2.45, 2.75) is 38.1 Å². The van der Waals surface area contributed by atoms with Gasteiger partial charge in [-0.25, -0.2) is 18.1 Å². The fourth-order valence-electron chi connectivity index (χ4n) is 5.31. The highest BCUT2D eigenvalue weighted by atomic mass is 79.9. The molecule has 2 aromatic carbocycles. The molecular weight excluding hydrogens is 544 g/mol. The highest BCUT2D eigenvalue weighted by molar-refractivity contribution is 9.10. The summed E-state index contributed by atoms with van der Waals surface area (Å²) >= 11 is 3.20. The van der Waals surface area contributed by atoms with Crippen LogP contribution in [0.1, 0.15) is 69.3 Å². The van der Waals surface area contributed by atoms with Crippen molar-refractivity contribution in [2.75, 3.05) is 6.54 Å². The second kappa shape index (κ2) is 8.76. The SMILES string of the molecule is C[C@@H]1c2ccccc2CCN1C(=O)c1cc(C2CC2)n2nc(-c3ccc(Br)cc3F)c(C(=O)O)c2c1F. The maximum absolute atomic E-state index is 16.2. The number of carbonyl (C=O) groups is 2. The first kappa shape index (κ1) is 23.8. The van der Waals surface area contributed by atoms with Gasteiger partial charge in [0.25, 0.3) is 5.91 Å². The summed E-state index contributed by atoms with van der Waals surface area (Å²) in [7, 11) is 0. The average molecular weight is 566 g/mol. The van der Waals surface area contributed by atoms with E-state index >= 15 is 4.39 Å². The maximum Gasteiger partial charge on any atom is 0.340 e. The van der Waals surface area contributed by atoms with Gasteiger partial charge in [0.05, 0.1) is 11.6 Å². The Morgan fingerprint density at radius 1 is 1.11 bits per heavy atom. The van der Waals surface area contributed by atoms with Crippen molar-refractivity contribution in [1.29, 1.82) is 0 Å². The molecule has 37 heavy (non-hydrogen) atoms. The number of fused-ring (bicyclic) bond motifs is 2. The lowest BCUT2D eigenvalue weighted by atomic mass is 9.93. The van der Waals surface area contributed by atoms with E-state index in [4.69, 9.17) is 0 Å². The van der Waals surface area contributed by atoms with Gasteiger partial charge >= 0.3 is 5.97 Å². The van der Waals surface area contributed by atoms with E-state index in [-0.39, 0.29) is 34.3 Å². The second-order valence-electron chi connectivity index (χ2n) is 9.61. The number of carbonyl (C=O) groups excluding carboxylic acids is 1. The first-order valence-corrected chi connectivity index (χ1v) is 12.9. The van der Waals surface area contributed by atoms with E-state index in [9.17, 15) is 19.1 Å². The van der Waals surface area contributed by atoms with Crippen molar-refractivity contribution in [3.8, 4) is 11.3 Å². The van der Waals surface area contributed by atoms with E-state index in [2.05, 4.69) is 21.0 Å². The Bertz CT molecular complexity index is 1610. The predicted octanol–water partition coefficient (Wildman–Crippen LogP) is 6.38. The molecule has 3 heterocycles. The molecule has 1 aliphatic carbocycles. The quantitative estimate of drug-likeness (QED) is 0.311. The number of aromatic carboxylic acids is 1. The summed E-state index contributed by atoms with van der Waals surface area (Å²) in [5, 5.41) is 14.5. The zero-order chi connectivity index (χ0) is 26.0. The molecule has 2 aromatic heterocycles. The highest BCUT2D eigenvalue weighted by Gasteiger charge is 2.36. The normalized spacial score (nSPS) is 17.2. The minimum absolute atomic E-state index is 0.0123. The van der Waals surface area contributed by atoms with Crippen LogP contribution in [0.4, 0.5) is 8.78 Å². The molecule has 1 N–H and O–H groups in total. The van der Waals surface area contributed by atoms with Crippen LogP contribution in [0.3, 0.4) is 0 Å². The van der Waals surface area contributed by atoms with Gasteiger partial charge < -0.3 is 10.0 Å². The van der Waals surface area contributed by atoms with Gasteiger partial charge in [0.15, 0.2) is 5.82 Å². The third kappa shape index (κ3) is 3.83. The zero-order valence-corrected chi connectivity index (χ0v) is 21.4. The monoisotopic (exact) mass is 565 g/mol. The molecule has 9 heteroatoms. The van der Waals surface area contributed by atoms with Crippen molar-refractivity contribution >= 4 is 33.3 Å². The number of rotatable bonds is 4. The minimum atomic E-state index is -1.45. The van der Waals surface area contributed by atoms with E-state index in [1.54, 1.807) is 11.0 Å². The van der Waals surface area contributed by atoms with Crippen LogP contribution in [0.2, 0.25) is 0 Å². The lowest BCUT2D eigenvalue weighted by Crippen LogP contribution is -2.39.